The third-order valence-corrected chi connectivity index (χ3v) is 4.34. The minimum Gasteiger partial charge on any atom is -0.485 e. The number of thioether (sulfide) groups is 1. The lowest BCUT2D eigenvalue weighted by Gasteiger charge is -2.30. The fourth-order valence-corrected chi connectivity index (χ4v) is 2.91. The van der Waals surface area contributed by atoms with Crippen LogP contribution >= 0.6 is 11.8 Å². The Kier molecular flexibility index (Phi) is 3.68. The third-order valence-electron chi connectivity index (χ3n) is 3.60. The van der Waals surface area contributed by atoms with Gasteiger partial charge in [-0.25, -0.2) is 4.39 Å². The van der Waals surface area contributed by atoms with Crippen molar-refractivity contribution in [2.24, 2.45) is 5.73 Å². The zero-order chi connectivity index (χ0) is 14.1. The average molecular weight is 289 g/mol. The van der Waals surface area contributed by atoms with Crippen molar-refractivity contribution in [3.63, 3.8) is 0 Å². The molecule has 0 fully saturated rings. The van der Waals surface area contributed by atoms with Crippen LogP contribution in [-0.4, -0.2) is 6.26 Å². The lowest BCUT2D eigenvalue weighted by atomic mass is 9.93. The molecule has 1 heterocycles. The molecule has 0 amide bonds. The van der Waals surface area contributed by atoms with Crippen LogP contribution in [0.5, 0.6) is 5.75 Å². The molecule has 2 unspecified atom stereocenters. The van der Waals surface area contributed by atoms with Crippen molar-refractivity contribution in [2.45, 2.75) is 23.5 Å². The highest BCUT2D eigenvalue weighted by molar-refractivity contribution is 7.98. The van der Waals surface area contributed by atoms with Crippen LogP contribution in [0.3, 0.4) is 0 Å². The number of halogens is 1. The van der Waals surface area contributed by atoms with E-state index in [1.54, 1.807) is 17.8 Å². The van der Waals surface area contributed by atoms with Gasteiger partial charge in [0.15, 0.2) is 0 Å². The van der Waals surface area contributed by atoms with E-state index < -0.39 is 0 Å². The van der Waals surface area contributed by atoms with Crippen LogP contribution < -0.4 is 10.5 Å². The molecule has 2 aromatic rings. The molecular weight excluding hydrogens is 273 g/mol. The maximum atomic E-state index is 13.3. The summed E-state index contributed by atoms with van der Waals surface area (Å²) in [4.78, 5) is 1.22. The van der Waals surface area contributed by atoms with E-state index in [-0.39, 0.29) is 18.0 Å². The van der Waals surface area contributed by atoms with Crippen LogP contribution in [0.2, 0.25) is 0 Å². The summed E-state index contributed by atoms with van der Waals surface area (Å²) in [6.07, 6.45) is 2.64. The molecule has 2 nitrogen and oxygen atoms in total. The maximum Gasteiger partial charge on any atom is 0.126 e. The number of fused-ring (bicyclic) bond motifs is 1. The van der Waals surface area contributed by atoms with Crippen LogP contribution in [-0.2, 0) is 0 Å². The van der Waals surface area contributed by atoms with Crippen molar-refractivity contribution < 1.29 is 9.13 Å². The topological polar surface area (TPSA) is 35.2 Å². The van der Waals surface area contributed by atoms with Gasteiger partial charge in [-0.2, -0.15) is 0 Å². The van der Waals surface area contributed by atoms with Gasteiger partial charge in [0.1, 0.15) is 17.7 Å². The Bertz CT molecular complexity index is 614. The second-order valence-corrected chi connectivity index (χ2v) is 5.78. The van der Waals surface area contributed by atoms with Crippen molar-refractivity contribution in [3.05, 3.63) is 59.4 Å². The van der Waals surface area contributed by atoms with E-state index in [4.69, 9.17) is 10.5 Å². The van der Waals surface area contributed by atoms with Crippen molar-refractivity contribution >= 4 is 11.8 Å². The van der Waals surface area contributed by atoms with Gasteiger partial charge >= 0.3 is 0 Å². The summed E-state index contributed by atoms with van der Waals surface area (Å²) in [6, 6.07) is 12.6. The predicted octanol–water partition coefficient (Wildman–Crippen LogP) is 4.07. The monoisotopic (exact) mass is 289 g/mol. The lowest BCUT2D eigenvalue weighted by molar-refractivity contribution is 0.161. The fraction of sp³-hybridized carbons (Fsp3) is 0.250. The van der Waals surface area contributed by atoms with Crippen LogP contribution in [0.1, 0.15) is 29.7 Å². The first-order valence-electron chi connectivity index (χ1n) is 6.53. The molecular formula is C16H16FNOS. The Morgan fingerprint density at radius 3 is 2.65 bits per heavy atom. The van der Waals surface area contributed by atoms with Crippen LogP contribution in [0.4, 0.5) is 4.39 Å². The SMILES string of the molecule is CSc1ccc(C2CC(N)c3cc(F)ccc3O2)cc1. The summed E-state index contributed by atoms with van der Waals surface area (Å²) in [6.45, 7) is 0. The maximum absolute atomic E-state index is 13.3. The van der Waals surface area contributed by atoms with Crippen LogP contribution in [0, 0.1) is 5.82 Å². The Morgan fingerprint density at radius 1 is 1.20 bits per heavy atom. The standard InChI is InChI=1S/C16H16FNOS/c1-20-12-5-2-10(3-6-12)16-9-14(18)13-8-11(17)4-7-15(13)19-16/h2-8,14,16H,9,18H2,1H3. The van der Waals surface area contributed by atoms with E-state index in [9.17, 15) is 4.39 Å². The molecule has 0 bridgehead atoms. The highest BCUT2D eigenvalue weighted by Gasteiger charge is 2.27. The van der Waals surface area contributed by atoms with Crippen molar-refractivity contribution in [2.75, 3.05) is 6.26 Å². The average Bonchev–Trinajstić information content (AvgIpc) is 2.48. The number of nitrogens with two attached hydrogens (primary N) is 1. The van der Waals surface area contributed by atoms with Gasteiger partial charge in [-0.05, 0) is 42.2 Å². The molecule has 0 radical (unpaired) electrons. The van der Waals surface area contributed by atoms with E-state index >= 15 is 0 Å². The summed E-state index contributed by atoms with van der Waals surface area (Å²) in [5.74, 6) is 0.412. The van der Waals surface area contributed by atoms with Gasteiger partial charge in [-0.3, -0.25) is 0 Å². The molecule has 4 heteroatoms. The van der Waals surface area contributed by atoms with E-state index in [2.05, 4.69) is 24.3 Å². The Balaban J connectivity index is 1.88. The van der Waals surface area contributed by atoms with E-state index in [0.29, 0.717) is 12.2 Å². The number of rotatable bonds is 2. The largest absolute Gasteiger partial charge is 0.485 e. The Hall–Kier alpha value is -1.52. The highest BCUT2D eigenvalue weighted by Crippen LogP contribution is 2.40. The third kappa shape index (κ3) is 2.53. The highest BCUT2D eigenvalue weighted by atomic mass is 32.2. The smallest absolute Gasteiger partial charge is 0.126 e. The molecule has 0 saturated carbocycles. The molecule has 2 N–H and O–H groups in total. The predicted molar refractivity (Wildman–Crippen MR) is 79.5 cm³/mol. The molecule has 104 valence electrons. The molecule has 0 aliphatic carbocycles. The fourth-order valence-electron chi connectivity index (χ4n) is 2.50. The molecule has 3 rings (SSSR count). The number of hydrogen-bond acceptors (Lipinski definition) is 3. The molecule has 2 aromatic carbocycles. The van der Waals surface area contributed by atoms with E-state index in [1.165, 1.54) is 17.0 Å². The molecule has 1 aliphatic rings. The first-order chi connectivity index (χ1) is 9.67. The molecule has 0 aromatic heterocycles. The van der Waals surface area contributed by atoms with Gasteiger partial charge in [-0.15, -0.1) is 11.8 Å². The quantitative estimate of drug-likeness (QED) is 0.846. The molecule has 2 atom stereocenters. The summed E-state index contributed by atoms with van der Waals surface area (Å²) >= 11 is 1.71. The van der Waals surface area contributed by atoms with Gasteiger partial charge in [0.05, 0.1) is 0 Å². The summed E-state index contributed by atoms with van der Waals surface area (Å²) < 4.78 is 19.2. The number of hydrogen-bond donors (Lipinski definition) is 1. The van der Waals surface area contributed by atoms with Gasteiger partial charge in [0, 0.05) is 22.9 Å². The minimum absolute atomic E-state index is 0.0705. The number of ether oxygens (including phenoxy) is 1. The van der Waals surface area contributed by atoms with Gasteiger partial charge in [0.25, 0.3) is 0 Å². The van der Waals surface area contributed by atoms with Crippen LogP contribution in [0.15, 0.2) is 47.4 Å². The summed E-state index contributed by atoms with van der Waals surface area (Å²) in [5.41, 5.74) is 8.00. The molecule has 0 spiro atoms. The van der Waals surface area contributed by atoms with Gasteiger partial charge in [0.2, 0.25) is 0 Å². The van der Waals surface area contributed by atoms with Crippen molar-refractivity contribution in [1.29, 1.82) is 0 Å². The Morgan fingerprint density at radius 2 is 1.95 bits per heavy atom. The zero-order valence-electron chi connectivity index (χ0n) is 11.2. The molecule has 0 saturated heterocycles. The van der Waals surface area contributed by atoms with Gasteiger partial charge < -0.3 is 10.5 Å². The number of benzene rings is 2. The zero-order valence-corrected chi connectivity index (χ0v) is 12.0. The summed E-state index contributed by atoms with van der Waals surface area (Å²) in [7, 11) is 0. The minimum atomic E-state index is -0.273. The lowest BCUT2D eigenvalue weighted by Crippen LogP contribution is -2.24. The van der Waals surface area contributed by atoms with E-state index in [1.807, 2.05) is 6.26 Å². The van der Waals surface area contributed by atoms with Crippen molar-refractivity contribution in [3.8, 4) is 5.75 Å². The van der Waals surface area contributed by atoms with Crippen LogP contribution in [0.25, 0.3) is 0 Å². The Labute approximate surface area is 122 Å². The first-order valence-corrected chi connectivity index (χ1v) is 7.75. The molecule has 20 heavy (non-hydrogen) atoms. The van der Waals surface area contributed by atoms with Crippen molar-refractivity contribution in [1.82, 2.24) is 0 Å². The second kappa shape index (κ2) is 5.46. The second-order valence-electron chi connectivity index (χ2n) is 4.90. The van der Waals surface area contributed by atoms with Gasteiger partial charge in [-0.1, -0.05) is 12.1 Å². The first kappa shape index (κ1) is 13.5. The molecule has 1 aliphatic heterocycles. The van der Waals surface area contributed by atoms with E-state index in [0.717, 1.165) is 11.1 Å². The summed E-state index contributed by atoms with van der Waals surface area (Å²) in [5, 5.41) is 0. The normalized spacial score (nSPS) is 21.1.